The highest BCUT2D eigenvalue weighted by atomic mass is 19.4. The highest BCUT2D eigenvalue weighted by Gasteiger charge is 2.56. The Morgan fingerprint density at radius 1 is 1.39 bits per heavy atom. The number of aromatic carboxylic acids is 1. The van der Waals surface area contributed by atoms with Crippen molar-refractivity contribution in [3.8, 4) is 0 Å². The molecule has 2 heterocycles. The molecule has 3 atom stereocenters. The lowest BCUT2D eigenvalue weighted by Crippen LogP contribution is -2.27. The molecule has 2 aliphatic rings. The van der Waals surface area contributed by atoms with Gasteiger partial charge in [-0.25, -0.2) is 14.2 Å². The molecule has 1 aliphatic heterocycles. The van der Waals surface area contributed by atoms with E-state index in [-0.39, 0.29) is 35.7 Å². The monoisotopic (exact) mass is 334 g/mol. The fourth-order valence-electron chi connectivity index (χ4n) is 3.16. The number of piperidine rings is 1. The Kier molecular flexibility index (Phi) is 3.91. The number of carboxylic acid groups (broad SMARTS) is 1. The second kappa shape index (κ2) is 5.63. The van der Waals surface area contributed by atoms with Gasteiger partial charge in [-0.05, 0) is 23.8 Å². The molecule has 1 aromatic heterocycles. The van der Waals surface area contributed by atoms with Crippen molar-refractivity contribution >= 4 is 11.8 Å². The zero-order valence-corrected chi connectivity index (χ0v) is 11.9. The number of halogens is 4. The molecule has 1 N–H and O–H groups in total. The second-order valence-corrected chi connectivity index (χ2v) is 5.86. The van der Waals surface area contributed by atoms with Crippen LogP contribution in [0.4, 0.5) is 23.4 Å². The smallest absolute Gasteiger partial charge is 0.411 e. The highest BCUT2D eigenvalue weighted by Crippen LogP contribution is 2.52. The van der Waals surface area contributed by atoms with Gasteiger partial charge in [0.15, 0.2) is 11.6 Å². The lowest BCUT2D eigenvalue weighted by Gasteiger charge is -2.21. The molecule has 0 radical (unpaired) electrons. The number of nitrogens with zero attached hydrogens (tertiary/aromatic N) is 2. The van der Waals surface area contributed by atoms with Crippen LogP contribution in [0.25, 0.3) is 0 Å². The van der Waals surface area contributed by atoms with Crippen LogP contribution < -0.4 is 4.90 Å². The molecule has 0 aromatic carbocycles. The van der Waals surface area contributed by atoms with Gasteiger partial charge in [0, 0.05) is 19.3 Å². The number of alkyl halides is 3. The number of carbonyl (C=O) groups is 1. The van der Waals surface area contributed by atoms with Crippen LogP contribution in [-0.4, -0.2) is 48.5 Å². The molecule has 9 heteroatoms. The lowest BCUT2D eigenvalue weighted by molar-refractivity contribution is -0.175. The van der Waals surface area contributed by atoms with Gasteiger partial charge in [0.2, 0.25) is 0 Å². The van der Waals surface area contributed by atoms with Gasteiger partial charge in [-0.3, -0.25) is 0 Å². The standard InChI is InChI=1S/C14H14F4N2O3/c15-11-1-7(13(21)22)2-19-12(11)20-3-8-9(4-20)10(8)5-23-6-14(16,17)18/h1-2,8-10H,3-6H2,(H,21,22)/t8-,9+,10+. The molecule has 5 nitrogen and oxygen atoms in total. The average molecular weight is 334 g/mol. The number of hydrogen-bond acceptors (Lipinski definition) is 4. The van der Waals surface area contributed by atoms with Gasteiger partial charge in [0.25, 0.3) is 0 Å². The number of anilines is 1. The van der Waals surface area contributed by atoms with Gasteiger partial charge in [0.1, 0.15) is 6.61 Å². The lowest BCUT2D eigenvalue weighted by atomic mass is 10.2. The minimum Gasteiger partial charge on any atom is -0.478 e. The molecule has 1 aliphatic carbocycles. The van der Waals surface area contributed by atoms with Crippen LogP contribution in [0.2, 0.25) is 0 Å². The van der Waals surface area contributed by atoms with Crippen LogP contribution in [0, 0.1) is 23.6 Å². The second-order valence-electron chi connectivity index (χ2n) is 5.86. The third-order valence-corrected chi connectivity index (χ3v) is 4.32. The third kappa shape index (κ3) is 3.39. The molecule has 3 rings (SSSR count). The van der Waals surface area contributed by atoms with Crippen LogP contribution in [-0.2, 0) is 4.74 Å². The minimum absolute atomic E-state index is 0.0521. The first-order valence-electron chi connectivity index (χ1n) is 7.04. The Labute approximate surface area is 128 Å². The van der Waals surface area contributed by atoms with Gasteiger partial charge in [-0.15, -0.1) is 0 Å². The summed E-state index contributed by atoms with van der Waals surface area (Å²) in [5.74, 6) is -1.48. The quantitative estimate of drug-likeness (QED) is 0.837. The first kappa shape index (κ1) is 16.0. The number of carboxylic acids is 1. The topological polar surface area (TPSA) is 62.7 Å². The predicted molar refractivity (Wildman–Crippen MR) is 70.7 cm³/mol. The molecule has 0 amide bonds. The molecular formula is C14H14F4N2O3. The van der Waals surface area contributed by atoms with E-state index in [1.165, 1.54) is 0 Å². The number of fused-ring (bicyclic) bond motifs is 1. The van der Waals surface area contributed by atoms with Crippen LogP contribution in [0.15, 0.2) is 12.3 Å². The van der Waals surface area contributed by atoms with Crippen molar-refractivity contribution in [2.24, 2.45) is 17.8 Å². The van der Waals surface area contributed by atoms with Crippen LogP contribution in [0.5, 0.6) is 0 Å². The van der Waals surface area contributed by atoms with Gasteiger partial charge < -0.3 is 14.7 Å². The Morgan fingerprint density at radius 3 is 2.57 bits per heavy atom. The number of pyridine rings is 1. The van der Waals surface area contributed by atoms with E-state index in [0.717, 1.165) is 12.3 Å². The van der Waals surface area contributed by atoms with Crippen molar-refractivity contribution in [1.29, 1.82) is 0 Å². The van der Waals surface area contributed by atoms with Crippen molar-refractivity contribution in [3.05, 3.63) is 23.6 Å². The molecule has 1 saturated carbocycles. The van der Waals surface area contributed by atoms with Crippen molar-refractivity contribution in [1.82, 2.24) is 4.98 Å². The van der Waals surface area contributed by atoms with Crippen molar-refractivity contribution < 1.29 is 32.2 Å². The van der Waals surface area contributed by atoms with E-state index in [2.05, 4.69) is 9.72 Å². The summed E-state index contributed by atoms with van der Waals surface area (Å²) in [6.07, 6.45) is -3.23. The fourth-order valence-corrected chi connectivity index (χ4v) is 3.16. The Hall–Kier alpha value is -1.90. The molecule has 2 fully saturated rings. The average Bonchev–Trinajstić information content (AvgIpc) is 2.91. The molecule has 1 saturated heterocycles. The molecule has 0 bridgehead atoms. The van der Waals surface area contributed by atoms with E-state index in [4.69, 9.17) is 5.11 Å². The molecular weight excluding hydrogens is 320 g/mol. The van der Waals surface area contributed by atoms with E-state index < -0.39 is 24.6 Å². The summed E-state index contributed by atoms with van der Waals surface area (Å²) in [5, 5.41) is 8.77. The van der Waals surface area contributed by atoms with Gasteiger partial charge >= 0.3 is 12.1 Å². The number of aromatic nitrogens is 1. The van der Waals surface area contributed by atoms with Crippen molar-refractivity contribution in [2.45, 2.75) is 6.18 Å². The summed E-state index contributed by atoms with van der Waals surface area (Å²) in [4.78, 5) is 16.3. The fraction of sp³-hybridized carbons (Fsp3) is 0.571. The van der Waals surface area contributed by atoms with Crippen molar-refractivity contribution in [2.75, 3.05) is 31.2 Å². The normalized spacial score (nSPS) is 26.3. The van der Waals surface area contributed by atoms with E-state index in [9.17, 15) is 22.4 Å². The Bertz CT molecular complexity index is 611. The summed E-state index contributed by atoms with van der Waals surface area (Å²) >= 11 is 0. The van der Waals surface area contributed by atoms with E-state index >= 15 is 0 Å². The van der Waals surface area contributed by atoms with E-state index in [0.29, 0.717) is 13.1 Å². The summed E-state index contributed by atoms with van der Waals surface area (Å²) in [5.41, 5.74) is -0.228. The predicted octanol–water partition coefficient (Wildman–Crippen LogP) is 2.18. The zero-order chi connectivity index (χ0) is 16.8. The highest BCUT2D eigenvalue weighted by molar-refractivity contribution is 5.87. The maximum Gasteiger partial charge on any atom is 0.411 e. The molecule has 0 unspecified atom stereocenters. The van der Waals surface area contributed by atoms with Gasteiger partial charge in [-0.1, -0.05) is 0 Å². The Balaban J connectivity index is 1.53. The maximum atomic E-state index is 13.9. The van der Waals surface area contributed by atoms with E-state index in [1.54, 1.807) is 4.90 Å². The summed E-state index contributed by atoms with van der Waals surface area (Å²) < 4.78 is 54.6. The maximum absolute atomic E-state index is 13.9. The summed E-state index contributed by atoms with van der Waals surface area (Å²) in [6, 6.07) is 0.915. The van der Waals surface area contributed by atoms with Crippen molar-refractivity contribution in [3.63, 3.8) is 0 Å². The third-order valence-electron chi connectivity index (χ3n) is 4.32. The minimum atomic E-state index is -4.32. The Morgan fingerprint density at radius 2 is 2.04 bits per heavy atom. The van der Waals surface area contributed by atoms with Gasteiger partial charge in [0.05, 0.1) is 12.2 Å². The number of ether oxygens (including phenoxy) is 1. The van der Waals surface area contributed by atoms with Crippen LogP contribution >= 0.6 is 0 Å². The molecule has 23 heavy (non-hydrogen) atoms. The summed E-state index contributed by atoms with van der Waals surface area (Å²) in [6.45, 7) is -0.224. The number of hydrogen-bond donors (Lipinski definition) is 1. The molecule has 1 aromatic rings. The van der Waals surface area contributed by atoms with Crippen LogP contribution in [0.3, 0.4) is 0 Å². The van der Waals surface area contributed by atoms with Gasteiger partial charge in [-0.2, -0.15) is 13.2 Å². The first-order valence-corrected chi connectivity index (χ1v) is 7.04. The molecule has 0 spiro atoms. The van der Waals surface area contributed by atoms with Crippen LogP contribution in [0.1, 0.15) is 10.4 Å². The number of rotatable bonds is 5. The largest absolute Gasteiger partial charge is 0.478 e. The first-order chi connectivity index (χ1) is 10.8. The molecule has 126 valence electrons. The van der Waals surface area contributed by atoms with E-state index in [1.807, 2.05) is 0 Å². The summed E-state index contributed by atoms with van der Waals surface area (Å²) in [7, 11) is 0. The zero-order valence-electron chi connectivity index (χ0n) is 11.9. The SMILES string of the molecule is O=C(O)c1cnc(N2C[C@@H]3[C@@H](COCC(F)(F)F)[C@@H]3C2)c(F)c1.